The summed E-state index contributed by atoms with van der Waals surface area (Å²) in [6, 6.07) is 12.2. The SMILES string of the molecule is COc1cc2[nH]nc(-c3cnc(N4CCN(C(=O)C5CCN(C(=O)CNc6cccc7c6CN(C6CCC(=O)NC6=O)C7=O)CC5)CC4)c(C#N)c3)c2cc1O[C@H](C)c1c(Cl)cncc1Cl. The van der Waals surface area contributed by atoms with Gasteiger partial charge in [0.15, 0.2) is 11.5 Å². The van der Waals surface area contributed by atoms with Crippen molar-refractivity contribution < 1.29 is 33.4 Å². The topological polar surface area (TPSA) is 219 Å². The van der Waals surface area contributed by atoms with Crippen molar-refractivity contribution in [3.63, 3.8) is 0 Å². The lowest BCUT2D eigenvalue weighted by atomic mass is 9.95. The molecule has 3 saturated heterocycles. The van der Waals surface area contributed by atoms with Crippen LogP contribution in [0.4, 0.5) is 11.5 Å². The van der Waals surface area contributed by atoms with E-state index in [1.54, 1.807) is 48.5 Å². The number of aromatic nitrogens is 4. The molecule has 0 saturated carbocycles. The highest BCUT2D eigenvalue weighted by Crippen LogP contribution is 2.41. The average molecular weight is 935 g/mol. The zero-order valence-corrected chi connectivity index (χ0v) is 37.6. The maximum absolute atomic E-state index is 13.7. The fourth-order valence-corrected chi connectivity index (χ4v) is 9.96. The number of hydrogen-bond acceptors (Lipinski definition) is 13. The highest BCUT2D eigenvalue weighted by molar-refractivity contribution is 6.35. The summed E-state index contributed by atoms with van der Waals surface area (Å²) in [7, 11) is 1.54. The van der Waals surface area contributed by atoms with E-state index in [2.05, 4.69) is 31.9 Å². The Bertz CT molecular complexity index is 2790. The molecule has 340 valence electrons. The lowest BCUT2D eigenvalue weighted by molar-refractivity contribution is -0.140. The van der Waals surface area contributed by atoms with Crippen LogP contribution in [0.2, 0.25) is 10.0 Å². The molecule has 7 heterocycles. The van der Waals surface area contributed by atoms with Crippen molar-refractivity contribution in [3.8, 4) is 28.8 Å². The maximum Gasteiger partial charge on any atom is 0.255 e. The standard InChI is InChI=1S/C46H45Cl2N11O7/c1-25(41-32(47)21-50-22-33(41)48)66-38-17-30-35(18-37(38)65-2)54-55-42(30)28-16-27(19-49)43(52-20-28)57-12-14-58(15-13-57)45(63)26-8-10-56(11-9-26)40(61)23-51-34-5-3-4-29-31(34)24-59(46(29)64)36-6-7-39(60)53-44(36)62/h3-5,16-18,20-22,25-26,36,51H,6-15,23-24H2,1-2H3,(H,54,55)(H,53,60,62)/t25-,36?/m1/s1. The number of amides is 5. The first-order valence-electron chi connectivity index (χ1n) is 21.7. The Labute approximate surface area is 389 Å². The normalized spacial score (nSPS) is 18.2. The molecule has 0 radical (unpaired) electrons. The van der Waals surface area contributed by atoms with Gasteiger partial charge in [-0.2, -0.15) is 10.4 Å². The van der Waals surface area contributed by atoms with Crippen molar-refractivity contribution in [2.24, 2.45) is 5.92 Å². The Morgan fingerprint density at radius 1 is 0.970 bits per heavy atom. The molecular weight excluding hydrogens is 889 g/mol. The first-order chi connectivity index (χ1) is 31.9. The molecule has 4 aliphatic heterocycles. The van der Waals surface area contributed by atoms with Crippen molar-refractivity contribution in [1.29, 1.82) is 5.26 Å². The number of fused-ring (bicyclic) bond motifs is 2. The molecule has 3 N–H and O–H groups in total. The number of rotatable bonds is 11. The van der Waals surface area contributed by atoms with Crippen molar-refractivity contribution >= 4 is 75.1 Å². The number of carbonyl (C=O) groups is 5. The monoisotopic (exact) mass is 933 g/mol. The van der Waals surface area contributed by atoms with Gasteiger partial charge in [-0.25, -0.2) is 4.98 Å². The van der Waals surface area contributed by atoms with Gasteiger partial charge in [-0.1, -0.05) is 29.3 Å². The van der Waals surface area contributed by atoms with Gasteiger partial charge in [-0.05, 0) is 50.5 Å². The fourth-order valence-electron chi connectivity index (χ4n) is 9.28. The van der Waals surface area contributed by atoms with Crippen LogP contribution in [0.25, 0.3) is 22.2 Å². The Hall–Kier alpha value is -6.97. The largest absolute Gasteiger partial charge is 0.493 e. The second-order valence-electron chi connectivity index (χ2n) is 16.7. The number of methoxy groups -OCH3 is 1. The fraction of sp³-hybridized carbons (Fsp3) is 0.370. The van der Waals surface area contributed by atoms with E-state index < -0.39 is 18.1 Å². The zero-order chi connectivity index (χ0) is 46.2. The van der Waals surface area contributed by atoms with Crippen LogP contribution in [-0.4, -0.2) is 123 Å². The number of aromatic amines is 1. The van der Waals surface area contributed by atoms with Crippen molar-refractivity contribution in [2.45, 2.75) is 51.3 Å². The van der Waals surface area contributed by atoms with E-state index in [9.17, 15) is 29.2 Å². The molecule has 3 fully saturated rings. The number of carbonyl (C=O) groups excluding carboxylic acids is 5. The van der Waals surface area contributed by atoms with Gasteiger partial charge in [0.2, 0.25) is 23.6 Å². The number of ether oxygens (including phenoxy) is 2. The summed E-state index contributed by atoms with van der Waals surface area (Å²) in [6.07, 6.45) is 5.66. The third kappa shape index (κ3) is 8.51. The molecule has 3 aromatic heterocycles. The Balaban J connectivity index is 0.783. The summed E-state index contributed by atoms with van der Waals surface area (Å²) in [6.45, 7) is 4.81. The summed E-state index contributed by atoms with van der Waals surface area (Å²) in [5.41, 5.74) is 4.64. The van der Waals surface area contributed by atoms with Crippen LogP contribution in [-0.2, 0) is 25.7 Å². The average Bonchev–Trinajstić information content (AvgIpc) is 3.90. The number of piperazine rings is 1. The number of benzene rings is 2. The van der Waals surface area contributed by atoms with Crippen LogP contribution in [0.15, 0.2) is 55.0 Å². The van der Waals surface area contributed by atoms with E-state index >= 15 is 0 Å². The molecule has 2 aromatic carbocycles. The Morgan fingerprint density at radius 2 is 1.73 bits per heavy atom. The van der Waals surface area contributed by atoms with Gasteiger partial charge in [-0.3, -0.25) is 39.4 Å². The third-order valence-electron chi connectivity index (χ3n) is 12.8. The molecule has 4 aliphatic rings. The minimum atomic E-state index is -0.730. The van der Waals surface area contributed by atoms with Gasteiger partial charge in [0.05, 0.1) is 34.8 Å². The number of imide groups is 1. The summed E-state index contributed by atoms with van der Waals surface area (Å²) in [5, 5.41) is 24.9. The van der Waals surface area contributed by atoms with Crippen molar-refractivity contribution in [2.75, 3.05) is 63.1 Å². The van der Waals surface area contributed by atoms with E-state index in [1.165, 1.54) is 17.3 Å². The Kier molecular flexibility index (Phi) is 12.4. The number of anilines is 2. The summed E-state index contributed by atoms with van der Waals surface area (Å²) in [5.74, 6) is 0.0419. The van der Waals surface area contributed by atoms with Crippen LogP contribution >= 0.6 is 23.2 Å². The van der Waals surface area contributed by atoms with Gasteiger partial charge in [-0.15, -0.1) is 0 Å². The maximum atomic E-state index is 13.7. The molecule has 0 bridgehead atoms. The van der Waals surface area contributed by atoms with Crippen LogP contribution < -0.4 is 25.0 Å². The molecule has 9 rings (SSSR count). The van der Waals surface area contributed by atoms with Gasteiger partial charge < -0.3 is 34.4 Å². The van der Waals surface area contributed by atoms with Crippen LogP contribution in [0, 0.1) is 17.2 Å². The minimum absolute atomic E-state index is 0.00575. The van der Waals surface area contributed by atoms with Crippen LogP contribution in [0.3, 0.4) is 0 Å². The summed E-state index contributed by atoms with van der Waals surface area (Å²) in [4.78, 5) is 80.4. The molecule has 1 unspecified atom stereocenters. The highest BCUT2D eigenvalue weighted by Gasteiger charge is 2.40. The van der Waals surface area contributed by atoms with Crippen molar-refractivity contribution in [3.05, 3.63) is 87.3 Å². The quantitative estimate of drug-likeness (QED) is 0.147. The van der Waals surface area contributed by atoms with Gasteiger partial charge in [0, 0.05) is 116 Å². The first-order valence-corrected chi connectivity index (χ1v) is 22.4. The third-order valence-corrected chi connectivity index (χ3v) is 13.4. The van der Waals surface area contributed by atoms with Crippen LogP contribution in [0.5, 0.6) is 11.5 Å². The lowest BCUT2D eigenvalue weighted by Gasteiger charge is -2.39. The van der Waals surface area contributed by atoms with E-state index in [4.69, 9.17) is 37.7 Å². The number of nitriles is 1. The molecule has 0 spiro atoms. The number of nitrogens with zero attached hydrogens (tertiary/aromatic N) is 8. The minimum Gasteiger partial charge on any atom is -0.493 e. The Morgan fingerprint density at radius 3 is 2.44 bits per heavy atom. The number of nitrogens with one attached hydrogen (secondary N) is 3. The van der Waals surface area contributed by atoms with Gasteiger partial charge in [0.25, 0.3) is 5.91 Å². The number of halogens is 2. The van der Waals surface area contributed by atoms with E-state index in [-0.39, 0.29) is 55.5 Å². The summed E-state index contributed by atoms with van der Waals surface area (Å²) < 4.78 is 12.0. The molecule has 20 heteroatoms. The predicted molar refractivity (Wildman–Crippen MR) is 243 cm³/mol. The van der Waals surface area contributed by atoms with E-state index in [1.807, 2.05) is 22.8 Å². The van der Waals surface area contributed by atoms with E-state index in [0.29, 0.717) is 124 Å². The number of H-pyrrole nitrogens is 1. The highest BCUT2D eigenvalue weighted by atomic mass is 35.5. The zero-order valence-electron chi connectivity index (χ0n) is 36.1. The molecule has 5 aromatic rings. The molecule has 0 aliphatic carbocycles. The molecule has 66 heavy (non-hydrogen) atoms. The lowest BCUT2D eigenvalue weighted by Crippen LogP contribution is -2.52. The molecule has 18 nitrogen and oxygen atoms in total. The number of pyridine rings is 2. The van der Waals surface area contributed by atoms with Crippen LogP contribution in [0.1, 0.15) is 65.8 Å². The molecular formula is C46H45Cl2N11O7. The number of likely N-dealkylation sites (tertiary alicyclic amines) is 1. The predicted octanol–water partition coefficient (Wildman–Crippen LogP) is 5.11. The van der Waals surface area contributed by atoms with Gasteiger partial charge >= 0.3 is 0 Å². The smallest absolute Gasteiger partial charge is 0.255 e. The second kappa shape index (κ2) is 18.5. The van der Waals surface area contributed by atoms with Gasteiger partial charge in [0.1, 0.15) is 29.7 Å². The second-order valence-corrected chi connectivity index (χ2v) is 17.5. The first kappa shape index (κ1) is 44.2. The van der Waals surface area contributed by atoms with E-state index in [0.717, 1.165) is 5.39 Å². The van der Waals surface area contributed by atoms with Crippen molar-refractivity contribution in [1.82, 2.24) is 40.2 Å². The number of hydrogen-bond donors (Lipinski definition) is 3. The molecule has 2 atom stereocenters. The summed E-state index contributed by atoms with van der Waals surface area (Å²) >= 11 is 12.8. The number of piperidine rings is 2. The molecule has 5 amide bonds.